The molecule has 3 aromatic carbocycles. The lowest BCUT2D eigenvalue weighted by Gasteiger charge is -2.18. The zero-order valence-corrected chi connectivity index (χ0v) is 19.3. The first-order chi connectivity index (χ1) is 16.3. The maximum Gasteiger partial charge on any atom is 0.303 e. The first kappa shape index (κ1) is 24.5. The summed E-state index contributed by atoms with van der Waals surface area (Å²) in [5.41, 5.74) is 4.34. The number of nitrogens with one attached hydrogen (secondary N) is 2. The highest BCUT2D eigenvalue weighted by molar-refractivity contribution is 5.98. The van der Waals surface area contributed by atoms with Crippen molar-refractivity contribution in [1.29, 1.82) is 0 Å². The van der Waals surface area contributed by atoms with Gasteiger partial charge in [0.2, 0.25) is 5.91 Å². The van der Waals surface area contributed by atoms with Crippen LogP contribution in [0.4, 0.5) is 5.69 Å². The van der Waals surface area contributed by atoms with Gasteiger partial charge in [-0.15, -0.1) is 0 Å². The van der Waals surface area contributed by atoms with Gasteiger partial charge in [-0.1, -0.05) is 54.6 Å². The van der Waals surface area contributed by atoms with E-state index >= 15 is 0 Å². The normalized spacial score (nSPS) is 11.4. The molecule has 0 bridgehead atoms. The second-order valence-corrected chi connectivity index (χ2v) is 8.18. The van der Waals surface area contributed by atoms with Crippen LogP contribution in [0.5, 0.6) is 0 Å². The fourth-order valence-electron chi connectivity index (χ4n) is 3.45. The van der Waals surface area contributed by atoms with Crippen molar-refractivity contribution in [2.45, 2.75) is 25.4 Å². The lowest BCUT2D eigenvalue weighted by Crippen LogP contribution is -2.46. The maximum atomic E-state index is 12.8. The van der Waals surface area contributed by atoms with Crippen LogP contribution >= 0.6 is 0 Å². The molecule has 0 saturated carbocycles. The lowest BCUT2D eigenvalue weighted by molar-refractivity contribution is -0.137. The van der Waals surface area contributed by atoms with Crippen molar-refractivity contribution >= 4 is 23.5 Å². The van der Waals surface area contributed by atoms with Crippen LogP contribution in [-0.2, 0) is 16.1 Å². The zero-order chi connectivity index (χ0) is 24.5. The largest absolute Gasteiger partial charge is 0.481 e. The Morgan fingerprint density at radius 1 is 0.853 bits per heavy atom. The van der Waals surface area contributed by atoms with Crippen LogP contribution in [0.2, 0.25) is 0 Å². The summed E-state index contributed by atoms with van der Waals surface area (Å²) in [7, 11) is 3.89. The fourth-order valence-corrected chi connectivity index (χ4v) is 3.45. The van der Waals surface area contributed by atoms with E-state index in [2.05, 4.69) is 10.6 Å². The number of amides is 2. The standard InChI is InChI=1S/C27H29N3O4/c1-30(2)23-14-8-19(9-15-23)18-28-27(34)24(16-17-25(31)32)29-26(33)22-12-10-21(11-13-22)20-6-4-3-5-7-20/h3-15,24H,16-18H2,1-2H3,(H,28,34)(H,29,33)(H,31,32)/t24-/m0/s1. The molecule has 176 valence electrons. The number of hydrogen-bond acceptors (Lipinski definition) is 4. The molecular weight excluding hydrogens is 430 g/mol. The van der Waals surface area contributed by atoms with Crippen molar-refractivity contribution in [3.05, 3.63) is 90.0 Å². The Balaban J connectivity index is 1.64. The molecule has 34 heavy (non-hydrogen) atoms. The Kier molecular flexibility index (Phi) is 8.40. The van der Waals surface area contributed by atoms with E-state index in [1.54, 1.807) is 12.1 Å². The second kappa shape index (κ2) is 11.7. The Hall–Kier alpha value is -4.13. The minimum Gasteiger partial charge on any atom is -0.481 e. The summed E-state index contributed by atoms with van der Waals surface area (Å²) in [6.07, 6.45) is -0.239. The molecule has 0 saturated heterocycles. The summed E-state index contributed by atoms with van der Waals surface area (Å²) in [4.78, 5) is 38.6. The molecule has 3 aromatic rings. The number of carboxylic acids is 1. The van der Waals surface area contributed by atoms with E-state index in [4.69, 9.17) is 5.11 Å². The Bertz CT molecular complexity index is 1110. The number of anilines is 1. The van der Waals surface area contributed by atoms with Crippen molar-refractivity contribution in [2.75, 3.05) is 19.0 Å². The highest BCUT2D eigenvalue weighted by Gasteiger charge is 2.22. The molecule has 0 aromatic heterocycles. The Labute approximate surface area is 199 Å². The van der Waals surface area contributed by atoms with Gasteiger partial charge in [-0.05, 0) is 47.4 Å². The number of nitrogens with zero attached hydrogens (tertiary/aromatic N) is 1. The molecule has 0 aliphatic carbocycles. The monoisotopic (exact) mass is 459 g/mol. The predicted octanol–water partition coefficient (Wildman–Crippen LogP) is 3.70. The highest BCUT2D eigenvalue weighted by Crippen LogP contribution is 2.19. The number of hydrogen-bond donors (Lipinski definition) is 3. The first-order valence-corrected chi connectivity index (χ1v) is 11.1. The summed E-state index contributed by atoms with van der Waals surface area (Å²) < 4.78 is 0. The van der Waals surface area contributed by atoms with Crippen LogP contribution in [0.25, 0.3) is 11.1 Å². The number of benzene rings is 3. The van der Waals surface area contributed by atoms with Crippen LogP contribution in [0.15, 0.2) is 78.9 Å². The van der Waals surface area contributed by atoms with Gasteiger partial charge in [0.15, 0.2) is 0 Å². The third kappa shape index (κ3) is 6.93. The van der Waals surface area contributed by atoms with E-state index in [0.29, 0.717) is 5.56 Å². The van der Waals surface area contributed by atoms with Crippen LogP contribution in [0.1, 0.15) is 28.8 Å². The van der Waals surface area contributed by atoms with Crippen LogP contribution in [-0.4, -0.2) is 43.0 Å². The molecular formula is C27H29N3O4. The van der Waals surface area contributed by atoms with E-state index in [0.717, 1.165) is 22.4 Å². The molecule has 0 heterocycles. The number of carbonyl (C=O) groups excluding carboxylic acids is 2. The van der Waals surface area contributed by atoms with Crippen LogP contribution in [0, 0.1) is 0 Å². The SMILES string of the molecule is CN(C)c1ccc(CNC(=O)[C@H](CCC(=O)O)NC(=O)c2ccc(-c3ccccc3)cc2)cc1. The molecule has 2 amide bonds. The van der Waals surface area contributed by atoms with Crippen LogP contribution < -0.4 is 15.5 Å². The molecule has 0 fully saturated rings. The molecule has 0 aliphatic rings. The molecule has 0 radical (unpaired) electrons. The predicted molar refractivity (Wildman–Crippen MR) is 133 cm³/mol. The maximum absolute atomic E-state index is 12.8. The Morgan fingerprint density at radius 3 is 2.06 bits per heavy atom. The van der Waals surface area contributed by atoms with Gasteiger partial charge in [0, 0.05) is 38.3 Å². The summed E-state index contributed by atoms with van der Waals surface area (Å²) in [5.74, 6) is -1.88. The number of carboxylic acid groups (broad SMARTS) is 1. The smallest absolute Gasteiger partial charge is 0.303 e. The average molecular weight is 460 g/mol. The number of carbonyl (C=O) groups is 3. The van der Waals surface area contributed by atoms with E-state index < -0.39 is 23.8 Å². The second-order valence-electron chi connectivity index (χ2n) is 8.18. The van der Waals surface area contributed by atoms with Gasteiger partial charge in [-0.25, -0.2) is 0 Å². The van der Waals surface area contributed by atoms with Crippen molar-refractivity contribution in [1.82, 2.24) is 10.6 Å². The molecule has 3 rings (SSSR count). The zero-order valence-electron chi connectivity index (χ0n) is 19.3. The summed E-state index contributed by atoms with van der Waals surface area (Å²) in [6, 6.07) is 23.6. The van der Waals surface area contributed by atoms with E-state index in [1.165, 1.54) is 0 Å². The highest BCUT2D eigenvalue weighted by atomic mass is 16.4. The number of aliphatic carboxylic acids is 1. The van der Waals surface area contributed by atoms with Gasteiger partial charge < -0.3 is 20.6 Å². The average Bonchev–Trinajstić information content (AvgIpc) is 2.85. The summed E-state index contributed by atoms with van der Waals surface area (Å²) in [5, 5.41) is 14.6. The van der Waals surface area contributed by atoms with Crippen molar-refractivity contribution in [2.24, 2.45) is 0 Å². The van der Waals surface area contributed by atoms with E-state index in [9.17, 15) is 14.4 Å². The molecule has 3 N–H and O–H groups in total. The van der Waals surface area contributed by atoms with Gasteiger partial charge in [0.05, 0.1) is 0 Å². The minimum absolute atomic E-state index is 0.00538. The third-order valence-corrected chi connectivity index (χ3v) is 5.44. The van der Waals surface area contributed by atoms with Crippen molar-refractivity contribution < 1.29 is 19.5 Å². The van der Waals surface area contributed by atoms with E-state index in [1.807, 2.05) is 85.7 Å². The molecule has 1 atom stereocenters. The molecule has 7 heteroatoms. The van der Waals surface area contributed by atoms with E-state index in [-0.39, 0.29) is 19.4 Å². The fraction of sp³-hybridized carbons (Fsp3) is 0.222. The third-order valence-electron chi connectivity index (χ3n) is 5.44. The van der Waals surface area contributed by atoms with Crippen LogP contribution in [0.3, 0.4) is 0 Å². The van der Waals surface area contributed by atoms with Gasteiger partial charge in [0.25, 0.3) is 5.91 Å². The lowest BCUT2D eigenvalue weighted by atomic mass is 10.0. The Morgan fingerprint density at radius 2 is 1.47 bits per heavy atom. The summed E-state index contributed by atoms with van der Waals surface area (Å²) >= 11 is 0. The molecule has 0 aliphatic heterocycles. The first-order valence-electron chi connectivity index (χ1n) is 11.1. The number of rotatable bonds is 10. The topological polar surface area (TPSA) is 98.7 Å². The van der Waals surface area contributed by atoms with Gasteiger partial charge in [-0.2, -0.15) is 0 Å². The van der Waals surface area contributed by atoms with Crippen molar-refractivity contribution in [3.63, 3.8) is 0 Å². The summed E-state index contributed by atoms with van der Waals surface area (Å²) in [6.45, 7) is 0.276. The van der Waals surface area contributed by atoms with Gasteiger partial charge >= 0.3 is 5.97 Å². The van der Waals surface area contributed by atoms with Gasteiger partial charge in [-0.3, -0.25) is 14.4 Å². The minimum atomic E-state index is -1.03. The molecule has 0 unspecified atom stereocenters. The quantitative estimate of drug-likeness (QED) is 0.429. The van der Waals surface area contributed by atoms with Crippen molar-refractivity contribution in [3.8, 4) is 11.1 Å². The molecule has 7 nitrogen and oxygen atoms in total. The van der Waals surface area contributed by atoms with Gasteiger partial charge in [0.1, 0.15) is 6.04 Å². The molecule has 0 spiro atoms.